The van der Waals surface area contributed by atoms with Gasteiger partial charge in [0, 0.05) is 12.2 Å². The van der Waals surface area contributed by atoms with Gasteiger partial charge in [0.2, 0.25) is 0 Å². The lowest BCUT2D eigenvalue weighted by Gasteiger charge is -2.18. The van der Waals surface area contributed by atoms with Crippen molar-refractivity contribution in [3.63, 3.8) is 0 Å². The van der Waals surface area contributed by atoms with E-state index in [1.807, 2.05) is 0 Å². The van der Waals surface area contributed by atoms with E-state index in [9.17, 15) is 0 Å². The van der Waals surface area contributed by atoms with E-state index in [2.05, 4.69) is 54.7 Å². The number of hydrogen-bond donors (Lipinski definition) is 1. The van der Waals surface area contributed by atoms with Crippen molar-refractivity contribution in [3.8, 4) is 0 Å². The van der Waals surface area contributed by atoms with Crippen LogP contribution in [-0.4, -0.2) is 6.54 Å². The third kappa shape index (κ3) is 3.04. The van der Waals surface area contributed by atoms with Crippen LogP contribution in [0.3, 0.4) is 0 Å². The van der Waals surface area contributed by atoms with Gasteiger partial charge in [-0.25, -0.2) is 0 Å². The standard InChI is InChI=1S/C19H23N/c1-2-5-15-6-3-7-16(12-15)13-17-9-10-19-18(14-17)8-4-11-20-19/h3,6-7,9-10,12,14,20H,2,4-5,8,11,13H2,1H3. The fourth-order valence-corrected chi connectivity index (χ4v) is 3.06. The molecule has 3 rings (SSSR count). The average Bonchev–Trinajstić information content (AvgIpc) is 2.48. The fourth-order valence-electron chi connectivity index (χ4n) is 3.06. The van der Waals surface area contributed by atoms with E-state index in [0.717, 1.165) is 13.0 Å². The Labute approximate surface area is 122 Å². The average molecular weight is 265 g/mol. The molecule has 0 saturated heterocycles. The van der Waals surface area contributed by atoms with Crippen LogP contribution in [0, 0.1) is 0 Å². The lowest BCUT2D eigenvalue weighted by molar-refractivity contribution is 0.828. The summed E-state index contributed by atoms with van der Waals surface area (Å²) in [4.78, 5) is 0. The number of fused-ring (bicyclic) bond motifs is 1. The zero-order chi connectivity index (χ0) is 13.8. The first kappa shape index (κ1) is 13.2. The van der Waals surface area contributed by atoms with Crippen LogP contribution in [0.2, 0.25) is 0 Å². The molecule has 0 amide bonds. The molecule has 104 valence electrons. The molecule has 1 nitrogen and oxygen atoms in total. The molecule has 0 saturated carbocycles. The smallest absolute Gasteiger partial charge is 0.0372 e. The summed E-state index contributed by atoms with van der Waals surface area (Å²) in [6.45, 7) is 3.36. The van der Waals surface area contributed by atoms with Gasteiger partial charge in [0.05, 0.1) is 0 Å². The molecule has 0 bridgehead atoms. The van der Waals surface area contributed by atoms with Gasteiger partial charge >= 0.3 is 0 Å². The number of nitrogens with one attached hydrogen (secondary N) is 1. The van der Waals surface area contributed by atoms with Gasteiger partial charge in [-0.05, 0) is 54.0 Å². The predicted molar refractivity (Wildman–Crippen MR) is 86.5 cm³/mol. The Morgan fingerprint density at radius 2 is 1.85 bits per heavy atom. The molecule has 0 aromatic heterocycles. The first-order valence-corrected chi connectivity index (χ1v) is 7.78. The molecule has 1 heteroatoms. The van der Waals surface area contributed by atoms with Crippen LogP contribution >= 0.6 is 0 Å². The number of rotatable bonds is 4. The van der Waals surface area contributed by atoms with E-state index in [0.29, 0.717) is 0 Å². The van der Waals surface area contributed by atoms with Gasteiger partial charge in [0.15, 0.2) is 0 Å². The van der Waals surface area contributed by atoms with Crippen molar-refractivity contribution in [2.75, 3.05) is 11.9 Å². The number of aryl methyl sites for hydroxylation is 2. The first-order valence-electron chi connectivity index (χ1n) is 7.78. The normalized spacial score (nSPS) is 13.7. The topological polar surface area (TPSA) is 12.0 Å². The summed E-state index contributed by atoms with van der Waals surface area (Å²) in [5.41, 5.74) is 7.14. The molecule has 1 N–H and O–H groups in total. The molecule has 0 atom stereocenters. The molecule has 1 aliphatic heterocycles. The second kappa shape index (κ2) is 6.13. The monoisotopic (exact) mass is 265 g/mol. The summed E-state index contributed by atoms with van der Waals surface area (Å²) in [6, 6.07) is 15.9. The van der Waals surface area contributed by atoms with E-state index >= 15 is 0 Å². The molecule has 0 aliphatic carbocycles. The van der Waals surface area contributed by atoms with Gasteiger partial charge in [-0.2, -0.15) is 0 Å². The third-order valence-electron chi connectivity index (χ3n) is 4.05. The van der Waals surface area contributed by atoms with Crippen molar-refractivity contribution >= 4 is 5.69 Å². The fraction of sp³-hybridized carbons (Fsp3) is 0.368. The van der Waals surface area contributed by atoms with E-state index < -0.39 is 0 Å². The molecule has 0 spiro atoms. The van der Waals surface area contributed by atoms with Gasteiger partial charge in [0.25, 0.3) is 0 Å². The lowest BCUT2D eigenvalue weighted by Crippen LogP contribution is -2.11. The minimum absolute atomic E-state index is 1.05. The quantitative estimate of drug-likeness (QED) is 0.852. The minimum Gasteiger partial charge on any atom is -0.385 e. The Morgan fingerprint density at radius 3 is 2.75 bits per heavy atom. The van der Waals surface area contributed by atoms with Crippen molar-refractivity contribution in [2.24, 2.45) is 0 Å². The highest BCUT2D eigenvalue weighted by Crippen LogP contribution is 2.24. The highest BCUT2D eigenvalue weighted by molar-refractivity contribution is 5.54. The Bertz CT molecular complexity index is 586. The van der Waals surface area contributed by atoms with Crippen LogP contribution in [0.5, 0.6) is 0 Å². The molecule has 0 fully saturated rings. The van der Waals surface area contributed by atoms with Gasteiger partial charge in [-0.3, -0.25) is 0 Å². The molecule has 2 aromatic carbocycles. The minimum atomic E-state index is 1.05. The Hall–Kier alpha value is -1.76. The molecular formula is C19H23N. The molecule has 1 aliphatic rings. The van der Waals surface area contributed by atoms with E-state index in [4.69, 9.17) is 0 Å². The van der Waals surface area contributed by atoms with Gasteiger partial charge in [-0.15, -0.1) is 0 Å². The van der Waals surface area contributed by atoms with Gasteiger partial charge < -0.3 is 5.32 Å². The van der Waals surface area contributed by atoms with Crippen molar-refractivity contribution in [3.05, 3.63) is 64.7 Å². The van der Waals surface area contributed by atoms with Crippen LogP contribution in [-0.2, 0) is 19.3 Å². The van der Waals surface area contributed by atoms with Crippen LogP contribution in [0.4, 0.5) is 5.69 Å². The van der Waals surface area contributed by atoms with E-state index in [1.54, 1.807) is 0 Å². The number of hydrogen-bond acceptors (Lipinski definition) is 1. The van der Waals surface area contributed by atoms with Crippen molar-refractivity contribution < 1.29 is 0 Å². The van der Waals surface area contributed by atoms with Crippen LogP contribution in [0.1, 0.15) is 42.0 Å². The first-order chi connectivity index (χ1) is 9.85. The molecule has 1 heterocycles. The number of benzene rings is 2. The molecular weight excluding hydrogens is 242 g/mol. The van der Waals surface area contributed by atoms with Crippen LogP contribution in [0.25, 0.3) is 0 Å². The summed E-state index contributed by atoms with van der Waals surface area (Å²) >= 11 is 0. The van der Waals surface area contributed by atoms with Crippen molar-refractivity contribution in [1.82, 2.24) is 0 Å². The maximum atomic E-state index is 3.48. The maximum Gasteiger partial charge on any atom is 0.0372 e. The highest BCUT2D eigenvalue weighted by Gasteiger charge is 2.09. The Kier molecular flexibility index (Phi) is 4.05. The van der Waals surface area contributed by atoms with Crippen molar-refractivity contribution in [2.45, 2.75) is 39.0 Å². The number of anilines is 1. The molecule has 0 radical (unpaired) electrons. The lowest BCUT2D eigenvalue weighted by atomic mass is 9.96. The Balaban J connectivity index is 1.78. The second-order valence-corrected chi connectivity index (χ2v) is 5.77. The van der Waals surface area contributed by atoms with Gasteiger partial charge in [-0.1, -0.05) is 49.7 Å². The van der Waals surface area contributed by atoms with E-state index in [1.165, 1.54) is 53.6 Å². The highest BCUT2D eigenvalue weighted by atomic mass is 14.9. The van der Waals surface area contributed by atoms with Gasteiger partial charge in [0.1, 0.15) is 0 Å². The molecule has 20 heavy (non-hydrogen) atoms. The molecule has 2 aromatic rings. The summed E-state index contributed by atoms with van der Waals surface area (Å²) in [7, 11) is 0. The Morgan fingerprint density at radius 1 is 1.00 bits per heavy atom. The molecule has 0 unspecified atom stereocenters. The summed E-state index contributed by atoms with van der Waals surface area (Å²) in [5.74, 6) is 0. The predicted octanol–water partition coefficient (Wildman–Crippen LogP) is 4.59. The van der Waals surface area contributed by atoms with Crippen LogP contribution in [0.15, 0.2) is 42.5 Å². The van der Waals surface area contributed by atoms with Crippen molar-refractivity contribution in [1.29, 1.82) is 0 Å². The third-order valence-corrected chi connectivity index (χ3v) is 4.05. The van der Waals surface area contributed by atoms with Crippen LogP contribution < -0.4 is 5.32 Å². The summed E-state index contributed by atoms with van der Waals surface area (Å²) < 4.78 is 0. The zero-order valence-electron chi connectivity index (χ0n) is 12.3. The summed E-state index contributed by atoms with van der Waals surface area (Å²) in [6.07, 6.45) is 5.91. The second-order valence-electron chi connectivity index (χ2n) is 5.77. The summed E-state index contributed by atoms with van der Waals surface area (Å²) in [5, 5.41) is 3.48. The maximum absolute atomic E-state index is 3.48. The van der Waals surface area contributed by atoms with E-state index in [-0.39, 0.29) is 0 Å². The largest absolute Gasteiger partial charge is 0.385 e. The SMILES string of the molecule is CCCc1cccc(Cc2ccc3c(c2)CCCN3)c1. The zero-order valence-corrected chi connectivity index (χ0v) is 12.3.